The largest absolute Gasteiger partial charge is 0.458 e. The molecule has 430 valence electrons. The molecule has 3 heterocycles. The smallest absolute Gasteiger partial charge is 0.159 e. The highest BCUT2D eigenvalue weighted by atomic mass is 16.3. The van der Waals surface area contributed by atoms with E-state index in [4.69, 9.17) is 13.3 Å². The Hall–Kier alpha value is -10.1. The van der Waals surface area contributed by atoms with E-state index >= 15 is 0 Å². The van der Waals surface area contributed by atoms with Crippen LogP contribution in [0.4, 0.5) is 28.4 Å². The fraction of sp³-hybridized carbons (Fsp3) is 0.167. The van der Waals surface area contributed by atoms with Gasteiger partial charge in [0, 0.05) is 55.1 Å². The Morgan fingerprint density at radius 1 is 0.449 bits per heavy atom. The van der Waals surface area contributed by atoms with Crippen LogP contribution in [0.15, 0.2) is 255 Å². The minimum atomic E-state index is -0.765. The average Bonchev–Trinajstić information content (AvgIpc) is 1.53. The van der Waals surface area contributed by atoms with Crippen molar-refractivity contribution in [3.63, 3.8) is 0 Å². The zero-order valence-corrected chi connectivity index (χ0v) is 51.0. The molecular formula is C84H66N2O3. The van der Waals surface area contributed by atoms with Crippen LogP contribution in [0, 0.1) is 0 Å². The van der Waals surface area contributed by atoms with Gasteiger partial charge in [0.25, 0.3) is 0 Å². The first-order valence-electron chi connectivity index (χ1n) is 31.9. The van der Waals surface area contributed by atoms with Gasteiger partial charge in [0.2, 0.25) is 0 Å². The summed E-state index contributed by atoms with van der Waals surface area (Å²) >= 11 is 0. The lowest BCUT2D eigenvalue weighted by molar-refractivity contribution is 0.489. The quantitative estimate of drug-likeness (QED) is 0.142. The van der Waals surface area contributed by atoms with Gasteiger partial charge in [-0.05, 0) is 169 Å². The van der Waals surface area contributed by atoms with Crippen molar-refractivity contribution >= 4 is 111 Å². The number of rotatable bonds is 8. The van der Waals surface area contributed by atoms with Gasteiger partial charge in [0.1, 0.15) is 28.1 Å². The van der Waals surface area contributed by atoms with E-state index in [1.165, 1.54) is 77.2 Å². The third-order valence-electron chi connectivity index (χ3n) is 20.7. The molecule has 0 fully saturated rings. The Morgan fingerprint density at radius 3 is 1.80 bits per heavy atom. The molecule has 2 unspecified atom stereocenters. The molecule has 3 aromatic heterocycles. The van der Waals surface area contributed by atoms with Crippen LogP contribution in [0.2, 0.25) is 0 Å². The second kappa shape index (κ2) is 19.2. The van der Waals surface area contributed by atoms with E-state index in [2.05, 4.69) is 288 Å². The summed E-state index contributed by atoms with van der Waals surface area (Å²) in [7, 11) is 0. The lowest BCUT2D eigenvalue weighted by atomic mass is 9.53. The molecule has 0 N–H and O–H groups in total. The van der Waals surface area contributed by atoms with Crippen molar-refractivity contribution in [2.45, 2.75) is 89.5 Å². The Labute approximate surface area is 518 Å². The van der Waals surface area contributed by atoms with Crippen LogP contribution in [0.3, 0.4) is 0 Å². The first-order chi connectivity index (χ1) is 43.6. The van der Waals surface area contributed by atoms with Gasteiger partial charge in [-0.2, -0.15) is 0 Å². The summed E-state index contributed by atoms with van der Waals surface area (Å²) in [4.78, 5) is 5.05. The molecule has 4 aliphatic carbocycles. The molecule has 0 bridgehead atoms. The molecule has 0 aliphatic heterocycles. The van der Waals surface area contributed by atoms with Crippen LogP contribution in [-0.4, -0.2) is 0 Å². The summed E-state index contributed by atoms with van der Waals surface area (Å²) in [6, 6.07) is 79.2. The number of furan rings is 3. The van der Waals surface area contributed by atoms with E-state index in [1.54, 1.807) is 0 Å². The van der Waals surface area contributed by atoms with E-state index in [9.17, 15) is 0 Å². The van der Waals surface area contributed by atoms with Crippen molar-refractivity contribution in [2.75, 3.05) is 9.80 Å². The summed E-state index contributed by atoms with van der Waals surface area (Å²) in [6.07, 6.45) is 12.1. The first kappa shape index (κ1) is 52.1. The number of hydrogen-bond acceptors (Lipinski definition) is 5. The molecule has 14 aromatic rings. The van der Waals surface area contributed by atoms with Crippen LogP contribution in [0.1, 0.15) is 123 Å². The fourth-order valence-corrected chi connectivity index (χ4v) is 16.6. The number of benzene rings is 11. The Morgan fingerprint density at radius 2 is 1.06 bits per heavy atom. The molecule has 0 saturated heterocycles. The predicted octanol–water partition coefficient (Wildman–Crippen LogP) is 23.8. The second-order valence-electron chi connectivity index (χ2n) is 26.4. The number of allylic oxidation sites excluding steroid dienone is 4. The molecule has 2 atom stereocenters. The molecule has 11 aromatic carbocycles. The molecule has 89 heavy (non-hydrogen) atoms. The molecule has 1 spiro atoms. The summed E-state index contributed by atoms with van der Waals surface area (Å²) in [5.41, 5.74) is 22.9. The summed E-state index contributed by atoms with van der Waals surface area (Å²) < 4.78 is 21.8. The van der Waals surface area contributed by atoms with E-state index in [-0.39, 0.29) is 11.5 Å². The highest BCUT2D eigenvalue weighted by Gasteiger charge is 2.57. The molecule has 5 nitrogen and oxygen atoms in total. The standard InChI is InChI=1S/C84H66N2O3/c1-49(2)51-37-41-53(42-38-51)85(70-32-19-26-61-57-22-9-16-34-73(57)87-80(61)70)55-45-46-60-64(47-55)56-21-7-8-24-59(56)77-78-69(84(79(60)77)67-30-14-12-28-65(67)83(5,6)66-29-13-15-31-68(66)84)48-72(76-63-25-11-18-36-75(63)89-82(76)78)86(54-43-39-52(40-44-54)50(3)4)71-33-20-27-62-58-23-10-17-35-74(58)88-81(62)71/h7-14,16-30,32,34-50,71H,15,31,33H2,1-6H3. The van der Waals surface area contributed by atoms with Crippen molar-refractivity contribution in [1.82, 2.24) is 0 Å². The molecule has 18 rings (SSSR count). The summed E-state index contributed by atoms with van der Waals surface area (Å²) in [6.45, 7) is 14.0. The van der Waals surface area contributed by atoms with Gasteiger partial charge in [-0.3, -0.25) is 0 Å². The SMILES string of the molecule is CC(C)c1ccc(N(c2ccc3c4c(c5ccccc5c3c2)-c2c(cc(N(c3ccc(C(C)C)cc3)C3CC=Cc5c3oc3ccccc53)c3c2oc2ccccc23)C42C3=C(C=CCC3)C(C)(C)c3ccccc32)c2cccc3c2oc2ccccc23)cc1. The van der Waals surface area contributed by atoms with Crippen LogP contribution >= 0.6 is 0 Å². The maximum Gasteiger partial charge on any atom is 0.159 e. The zero-order chi connectivity index (χ0) is 59.6. The molecule has 0 radical (unpaired) electrons. The highest BCUT2D eigenvalue weighted by Crippen LogP contribution is 2.69. The topological polar surface area (TPSA) is 45.9 Å². The Bertz CT molecular complexity index is 5410. The van der Waals surface area contributed by atoms with Crippen LogP contribution in [-0.2, 0) is 10.8 Å². The van der Waals surface area contributed by atoms with E-state index in [0.717, 1.165) is 114 Å². The normalized spacial score (nSPS) is 17.3. The molecule has 0 amide bonds. The summed E-state index contributed by atoms with van der Waals surface area (Å²) in [5, 5.41) is 10.3. The first-order valence-corrected chi connectivity index (χ1v) is 31.9. The van der Waals surface area contributed by atoms with Crippen LogP contribution in [0.25, 0.3) is 93.6 Å². The third-order valence-corrected chi connectivity index (χ3v) is 20.7. The summed E-state index contributed by atoms with van der Waals surface area (Å²) in [5.74, 6) is 1.73. The van der Waals surface area contributed by atoms with Gasteiger partial charge in [-0.25, -0.2) is 0 Å². The van der Waals surface area contributed by atoms with Crippen molar-refractivity contribution in [2.24, 2.45) is 0 Å². The second-order valence-corrected chi connectivity index (χ2v) is 26.4. The number of nitrogens with zero attached hydrogens (tertiary/aromatic N) is 2. The van der Waals surface area contributed by atoms with Gasteiger partial charge in [0.15, 0.2) is 5.58 Å². The average molecular weight is 1150 g/mol. The van der Waals surface area contributed by atoms with Gasteiger partial charge in [0.05, 0.1) is 28.2 Å². The third kappa shape index (κ3) is 7.24. The predicted molar refractivity (Wildman–Crippen MR) is 370 cm³/mol. The van der Waals surface area contributed by atoms with Crippen molar-refractivity contribution in [3.8, 4) is 11.1 Å². The van der Waals surface area contributed by atoms with Crippen LogP contribution in [0.5, 0.6) is 0 Å². The lowest BCUT2D eigenvalue weighted by Gasteiger charge is -2.49. The minimum absolute atomic E-state index is 0.193. The number of anilines is 5. The molecule has 4 aliphatic rings. The Kier molecular flexibility index (Phi) is 11.2. The van der Waals surface area contributed by atoms with Gasteiger partial charge in [-0.1, -0.05) is 211 Å². The van der Waals surface area contributed by atoms with E-state index in [1.807, 2.05) is 0 Å². The van der Waals surface area contributed by atoms with Crippen molar-refractivity contribution in [1.29, 1.82) is 0 Å². The lowest BCUT2D eigenvalue weighted by Crippen LogP contribution is -2.41. The van der Waals surface area contributed by atoms with Gasteiger partial charge < -0.3 is 23.1 Å². The number of hydrogen-bond donors (Lipinski definition) is 0. The maximum atomic E-state index is 7.71. The molecule has 5 heteroatoms. The zero-order valence-electron chi connectivity index (χ0n) is 51.0. The minimum Gasteiger partial charge on any atom is -0.458 e. The maximum absolute atomic E-state index is 7.71. The Balaban J connectivity index is 0.988. The molecular weight excluding hydrogens is 1080 g/mol. The monoisotopic (exact) mass is 1150 g/mol. The fourth-order valence-electron chi connectivity index (χ4n) is 16.6. The van der Waals surface area contributed by atoms with E-state index < -0.39 is 5.41 Å². The number of fused-ring (bicyclic) bond motifs is 23. The van der Waals surface area contributed by atoms with Gasteiger partial charge in [-0.15, -0.1) is 0 Å². The van der Waals surface area contributed by atoms with E-state index in [0.29, 0.717) is 11.8 Å². The van der Waals surface area contributed by atoms with Crippen molar-refractivity contribution < 1.29 is 13.3 Å². The van der Waals surface area contributed by atoms with Crippen LogP contribution < -0.4 is 9.80 Å². The van der Waals surface area contributed by atoms with Crippen molar-refractivity contribution in [3.05, 3.63) is 286 Å². The highest BCUT2D eigenvalue weighted by molar-refractivity contribution is 6.26. The number of para-hydroxylation sites is 4. The van der Waals surface area contributed by atoms with Gasteiger partial charge >= 0.3 is 0 Å². The molecule has 0 saturated carbocycles.